The fourth-order valence-electron chi connectivity index (χ4n) is 0.751. The predicted molar refractivity (Wildman–Crippen MR) is 42.7 cm³/mol. The summed E-state index contributed by atoms with van der Waals surface area (Å²) in [5.41, 5.74) is 0. The number of aromatic nitrogens is 1. The van der Waals surface area contributed by atoms with E-state index in [2.05, 4.69) is 6.58 Å². The second-order valence-corrected chi connectivity index (χ2v) is 2.40. The molecule has 0 aliphatic carbocycles. The number of allylic oxidation sites excluding steroid dienone is 1. The average Bonchev–Trinajstić information content (AvgIpc) is 1.94. The summed E-state index contributed by atoms with van der Waals surface area (Å²) in [6, 6.07) is 5.79. The van der Waals surface area contributed by atoms with Gasteiger partial charge in [-0.2, -0.15) is 4.57 Å². The third kappa shape index (κ3) is 1.54. The second kappa shape index (κ2) is 3.32. The van der Waals surface area contributed by atoms with E-state index in [0.717, 1.165) is 11.6 Å². The van der Waals surface area contributed by atoms with Crippen LogP contribution in [0.2, 0.25) is 0 Å². The van der Waals surface area contributed by atoms with E-state index < -0.39 is 0 Å². The summed E-state index contributed by atoms with van der Waals surface area (Å²) >= 11 is 5.03. The Hall–Kier alpha value is -0.890. The van der Waals surface area contributed by atoms with Crippen LogP contribution in [0, 0.1) is 0 Å². The summed E-state index contributed by atoms with van der Waals surface area (Å²) in [6.45, 7) is 4.42. The van der Waals surface area contributed by atoms with E-state index in [1.807, 2.05) is 35.0 Å². The molecule has 0 saturated heterocycles. The fraction of sp³-hybridized carbons (Fsp3) is 0.125. The first-order valence-corrected chi connectivity index (χ1v) is 3.52. The minimum atomic E-state index is 0.791. The molecule has 0 atom stereocenters. The molecule has 0 spiro atoms. The van der Waals surface area contributed by atoms with Gasteiger partial charge in [-0.15, -0.1) is 0 Å². The molecule has 10 heavy (non-hydrogen) atoms. The molecule has 1 aromatic rings. The maximum atomic E-state index is 5.03. The molecule has 0 fully saturated rings. The van der Waals surface area contributed by atoms with Crippen molar-refractivity contribution in [1.29, 1.82) is 0 Å². The quantitative estimate of drug-likeness (QED) is 0.447. The third-order valence-electron chi connectivity index (χ3n) is 1.22. The van der Waals surface area contributed by atoms with Crippen molar-refractivity contribution in [1.82, 2.24) is 0 Å². The fourth-order valence-corrected chi connectivity index (χ4v) is 0.965. The van der Waals surface area contributed by atoms with E-state index in [-0.39, 0.29) is 0 Å². The van der Waals surface area contributed by atoms with Gasteiger partial charge in [-0.25, -0.2) is 0 Å². The predicted octanol–water partition coefficient (Wildman–Crippen LogP) is 1.72. The Kier molecular flexibility index (Phi) is 2.40. The van der Waals surface area contributed by atoms with Gasteiger partial charge in [0.2, 0.25) is 0 Å². The first-order valence-electron chi connectivity index (χ1n) is 3.11. The summed E-state index contributed by atoms with van der Waals surface area (Å²) in [5, 5.41) is 0.849. The molecule has 0 amide bonds. The van der Waals surface area contributed by atoms with Crippen LogP contribution in [-0.2, 0) is 6.54 Å². The first-order chi connectivity index (χ1) is 4.84. The van der Waals surface area contributed by atoms with Crippen molar-refractivity contribution < 1.29 is 4.57 Å². The smallest absolute Gasteiger partial charge is 0.186 e. The molecule has 1 radical (unpaired) electrons. The van der Waals surface area contributed by atoms with Crippen LogP contribution >= 0.6 is 12.6 Å². The maximum Gasteiger partial charge on any atom is 0.271 e. The van der Waals surface area contributed by atoms with Gasteiger partial charge < -0.3 is 0 Å². The standard InChI is InChI=1S/C8H9NS/c1-2-6-9-7-4-3-5-8(9)10/h2-5,7H,1,6H2/q+1. The van der Waals surface area contributed by atoms with Gasteiger partial charge in [0.15, 0.2) is 12.7 Å². The zero-order valence-corrected chi connectivity index (χ0v) is 6.47. The molecule has 0 unspecified atom stereocenters. The van der Waals surface area contributed by atoms with Crippen LogP contribution < -0.4 is 4.57 Å². The number of pyridine rings is 1. The van der Waals surface area contributed by atoms with Crippen LogP contribution in [0.15, 0.2) is 42.1 Å². The van der Waals surface area contributed by atoms with Crippen molar-refractivity contribution >= 4 is 12.6 Å². The first kappa shape index (κ1) is 7.22. The second-order valence-electron chi connectivity index (χ2n) is 1.98. The van der Waals surface area contributed by atoms with Crippen LogP contribution in [0.25, 0.3) is 0 Å². The van der Waals surface area contributed by atoms with E-state index in [9.17, 15) is 0 Å². The molecule has 0 N–H and O–H groups in total. The normalized spacial score (nSPS) is 9.20. The van der Waals surface area contributed by atoms with Crippen LogP contribution in [-0.4, -0.2) is 0 Å². The SMILES string of the molecule is C=CC[n+]1ccccc1[S]. The average molecular weight is 151 g/mol. The van der Waals surface area contributed by atoms with Crippen molar-refractivity contribution in [3.8, 4) is 0 Å². The molecule has 1 rings (SSSR count). The molecule has 0 saturated carbocycles. The lowest BCUT2D eigenvalue weighted by Gasteiger charge is -1.91. The number of rotatable bonds is 2. The van der Waals surface area contributed by atoms with Crippen molar-refractivity contribution in [2.24, 2.45) is 0 Å². The highest BCUT2D eigenvalue weighted by molar-refractivity contribution is 7.80. The maximum absolute atomic E-state index is 5.03. The summed E-state index contributed by atoms with van der Waals surface area (Å²) in [7, 11) is 0. The van der Waals surface area contributed by atoms with Crippen LogP contribution in [0.3, 0.4) is 0 Å². The highest BCUT2D eigenvalue weighted by Gasteiger charge is 2.00. The molecule has 0 aliphatic rings. The Balaban J connectivity index is 2.91. The van der Waals surface area contributed by atoms with Crippen LogP contribution in [0.4, 0.5) is 0 Å². The van der Waals surface area contributed by atoms with Gasteiger partial charge in [-0.05, 0) is 24.8 Å². The molecule has 2 heteroatoms. The minimum absolute atomic E-state index is 0.791. The summed E-state index contributed by atoms with van der Waals surface area (Å²) in [6.07, 6.45) is 3.78. The zero-order valence-electron chi connectivity index (χ0n) is 5.66. The van der Waals surface area contributed by atoms with Crippen molar-refractivity contribution in [3.63, 3.8) is 0 Å². The van der Waals surface area contributed by atoms with Gasteiger partial charge in [0.05, 0.1) is 0 Å². The topological polar surface area (TPSA) is 3.88 Å². The number of hydrogen-bond acceptors (Lipinski definition) is 0. The van der Waals surface area contributed by atoms with E-state index in [1.54, 1.807) is 0 Å². The molecular weight excluding hydrogens is 142 g/mol. The third-order valence-corrected chi connectivity index (χ3v) is 1.60. The van der Waals surface area contributed by atoms with Crippen LogP contribution in [0.1, 0.15) is 0 Å². The molecule has 0 aliphatic heterocycles. The van der Waals surface area contributed by atoms with Crippen molar-refractivity contribution in [2.45, 2.75) is 11.6 Å². The van der Waals surface area contributed by atoms with Crippen molar-refractivity contribution in [3.05, 3.63) is 37.1 Å². The van der Waals surface area contributed by atoms with E-state index in [0.29, 0.717) is 0 Å². The van der Waals surface area contributed by atoms with Gasteiger partial charge >= 0.3 is 0 Å². The highest BCUT2D eigenvalue weighted by atomic mass is 32.1. The number of nitrogens with zero attached hydrogens (tertiary/aromatic N) is 1. The van der Waals surface area contributed by atoms with E-state index >= 15 is 0 Å². The summed E-state index contributed by atoms with van der Waals surface area (Å²) in [4.78, 5) is 0. The molecule has 1 aromatic heterocycles. The lowest BCUT2D eigenvalue weighted by Crippen LogP contribution is -2.33. The van der Waals surface area contributed by atoms with E-state index in [4.69, 9.17) is 12.6 Å². The Morgan fingerprint density at radius 2 is 2.40 bits per heavy atom. The van der Waals surface area contributed by atoms with Gasteiger partial charge in [0.25, 0.3) is 5.03 Å². The highest BCUT2D eigenvalue weighted by Crippen LogP contribution is 1.95. The lowest BCUT2D eigenvalue weighted by molar-refractivity contribution is -0.723. The molecule has 1 heterocycles. The minimum Gasteiger partial charge on any atom is -0.186 e. The summed E-state index contributed by atoms with van der Waals surface area (Å²) in [5.74, 6) is 0. The molecular formula is C8H9NS+. The number of hydrogen-bond donors (Lipinski definition) is 0. The van der Waals surface area contributed by atoms with Gasteiger partial charge in [-0.1, -0.05) is 6.58 Å². The molecule has 1 nitrogen and oxygen atoms in total. The lowest BCUT2D eigenvalue weighted by atomic mass is 10.5. The Labute approximate surface area is 66.4 Å². The monoisotopic (exact) mass is 151 g/mol. The molecule has 0 bridgehead atoms. The van der Waals surface area contributed by atoms with Crippen molar-refractivity contribution in [2.75, 3.05) is 0 Å². The van der Waals surface area contributed by atoms with Gasteiger partial charge in [-0.3, -0.25) is 0 Å². The van der Waals surface area contributed by atoms with E-state index in [1.165, 1.54) is 0 Å². The Bertz CT molecular complexity index is 232. The van der Waals surface area contributed by atoms with Crippen LogP contribution in [0.5, 0.6) is 0 Å². The molecule has 0 aromatic carbocycles. The summed E-state index contributed by atoms with van der Waals surface area (Å²) < 4.78 is 1.96. The molecule has 51 valence electrons. The Morgan fingerprint density at radius 1 is 1.60 bits per heavy atom. The van der Waals surface area contributed by atoms with Gasteiger partial charge in [0.1, 0.15) is 0 Å². The van der Waals surface area contributed by atoms with Gasteiger partial charge in [0, 0.05) is 12.1 Å². The Morgan fingerprint density at radius 3 is 3.00 bits per heavy atom. The zero-order chi connectivity index (χ0) is 7.40. The largest absolute Gasteiger partial charge is 0.271 e.